The number of hydrazine groups is 1. The molecule has 0 unspecified atom stereocenters. The van der Waals surface area contributed by atoms with Crippen molar-refractivity contribution in [1.29, 1.82) is 0 Å². The molecule has 0 radical (unpaired) electrons. The maximum absolute atomic E-state index is 10.9. The quantitative estimate of drug-likeness (QED) is 0.385. The third kappa shape index (κ3) is 1.83. The molecule has 0 saturated carbocycles. The molecular formula is C9H12N2O. The summed E-state index contributed by atoms with van der Waals surface area (Å²) in [7, 11) is 0. The number of carbonyl (C=O) groups excluding carboxylic acids is 1. The fourth-order valence-electron chi connectivity index (χ4n) is 0.960. The van der Waals surface area contributed by atoms with Gasteiger partial charge in [-0.25, -0.2) is 10.9 Å². The zero-order chi connectivity index (χ0) is 9.14. The van der Waals surface area contributed by atoms with Gasteiger partial charge in [0.1, 0.15) is 0 Å². The van der Waals surface area contributed by atoms with Crippen LogP contribution in [0.5, 0.6) is 0 Å². The highest BCUT2D eigenvalue weighted by atomic mass is 16.2. The summed E-state index contributed by atoms with van der Waals surface area (Å²) in [6.07, 6.45) is 0. The number of hydrogen-bond acceptors (Lipinski definition) is 2. The van der Waals surface area contributed by atoms with Gasteiger partial charge in [-0.05, 0) is 24.6 Å². The van der Waals surface area contributed by atoms with Gasteiger partial charge in [-0.1, -0.05) is 12.1 Å². The number of aryl methyl sites for hydroxylation is 1. The van der Waals surface area contributed by atoms with Crippen molar-refractivity contribution in [2.24, 2.45) is 5.84 Å². The molecule has 1 amide bonds. The second-order valence-corrected chi connectivity index (χ2v) is 2.73. The molecule has 0 fully saturated rings. The van der Waals surface area contributed by atoms with Crippen molar-refractivity contribution in [3.63, 3.8) is 0 Å². The maximum atomic E-state index is 10.9. The van der Waals surface area contributed by atoms with Gasteiger partial charge in [0.2, 0.25) is 5.91 Å². The fraction of sp³-hybridized carbons (Fsp3) is 0.222. The van der Waals surface area contributed by atoms with E-state index < -0.39 is 0 Å². The number of rotatable bonds is 1. The van der Waals surface area contributed by atoms with Gasteiger partial charge < -0.3 is 0 Å². The number of anilines is 1. The zero-order valence-corrected chi connectivity index (χ0v) is 7.24. The van der Waals surface area contributed by atoms with Gasteiger partial charge in [0.05, 0.1) is 5.69 Å². The van der Waals surface area contributed by atoms with Crippen molar-refractivity contribution < 1.29 is 4.79 Å². The summed E-state index contributed by atoms with van der Waals surface area (Å²) in [6.45, 7) is 3.39. The van der Waals surface area contributed by atoms with Crippen LogP contribution < -0.4 is 10.9 Å². The Balaban J connectivity index is 2.95. The second-order valence-electron chi connectivity index (χ2n) is 2.73. The van der Waals surface area contributed by atoms with E-state index in [-0.39, 0.29) is 5.91 Å². The largest absolute Gasteiger partial charge is 0.273 e. The van der Waals surface area contributed by atoms with Gasteiger partial charge in [-0.15, -0.1) is 0 Å². The summed E-state index contributed by atoms with van der Waals surface area (Å²) in [5.41, 5.74) is 1.81. The lowest BCUT2D eigenvalue weighted by Crippen LogP contribution is -2.35. The number of carbonyl (C=O) groups is 1. The molecule has 1 aromatic carbocycles. The Morgan fingerprint density at radius 2 is 2.17 bits per heavy atom. The topological polar surface area (TPSA) is 46.3 Å². The first-order valence-corrected chi connectivity index (χ1v) is 3.73. The van der Waals surface area contributed by atoms with E-state index in [1.165, 1.54) is 6.92 Å². The summed E-state index contributed by atoms with van der Waals surface area (Å²) in [5, 5.41) is 1.13. The molecule has 0 atom stereocenters. The van der Waals surface area contributed by atoms with Crippen LogP contribution >= 0.6 is 0 Å². The van der Waals surface area contributed by atoms with Crippen LogP contribution in [-0.4, -0.2) is 5.91 Å². The molecule has 0 aliphatic carbocycles. The van der Waals surface area contributed by atoms with Crippen LogP contribution in [0.25, 0.3) is 0 Å². The van der Waals surface area contributed by atoms with Crippen LogP contribution in [-0.2, 0) is 4.79 Å². The molecule has 3 nitrogen and oxygen atoms in total. The maximum Gasteiger partial charge on any atom is 0.238 e. The highest BCUT2D eigenvalue weighted by molar-refractivity contribution is 5.90. The van der Waals surface area contributed by atoms with Gasteiger partial charge >= 0.3 is 0 Å². The smallest absolute Gasteiger partial charge is 0.238 e. The van der Waals surface area contributed by atoms with Gasteiger partial charge in [0.25, 0.3) is 0 Å². The van der Waals surface area contributed by atoms with Gasteiger partial charge in [-0.2, -0.15) is 0 Å². The molecule has 1 aromatic rings. The lowest BCUT2D eigenvalue weighted by atomic mass is 10.2. The Hall–Kier alpha value is -1.35. The molecule has 64 valence electrons. The third-order valence-electron chi connectivity index (χ3n) is 1.62. The molecule has 0 bridgehead atoms. The van der Waals surface area contributed by atoms with Crippen LogP contribution in [0.4, 0.5) is 5.69 Å². The number of amides is 1. The molecule has 2 N–H and O–H groups in total. The van der Waals surface area contributed by atoms with E-state index in [0.29, 0.717) is 0 Å². The molecule has 1 rings (SSSR count). The van der Waals surface area contributed by atoms with Crippen molar-refractivity contribution in [3.05, 3.63) is 29.8 Å². The standard InChI is InChI=1S/C9H12N2O/c1-7-4-3-5-9(6-7)11(10)8(2)12/h3-6H,10H2,1-2H3. The Morgan fingerprint density at radius 3 is 2.67 bits per heavy atom. The Labute approximate surface area is 71.8 Å². The van der Waals surface area contributed by atoms with Crippen molar-refractivity contribution >= 4 is 11.6 Å². The van der Waals surface area contributed by atoms with E-state index in [2.05, 4.69) is 0 Å². The predicted molar refractivity (Wildman–Crippen MR) is 48.5 cm³/mol. The highest BCUT2D eigenvalue weighted by Crippen LogP contribution is 2.12. The minimum absolute atomic E-state index is 0.166. The Kier molecular flexibility index (Phi) is 2.45. The number of nitrogens with two attached hydrogens (primary N) is 1. The third-order valence-corrected chi connectivity index (χ3v) is 1.62. The Bertz CT molecular complexity index is 296. The minimum Gasteiger partial charge on any atom is -0.273 e. The van der Waals surface area contributed by atoms with Crippen LogP contribution in [0.3, 0.4) is 0 Å². The normalized spacial score (nSPS) is 9.58. The molecule has 0 spiro atoms. The van der Waals surface area contributed by atoms with E-state index >= 15 is 0 Å². The summed E-state index contributed by atoms with van der Waals surface area (Å²) in [5.74, 6) is 5.32. The van der Waals surface area contributed by atoms with Crippen LogP contribution in [0.1, 0.15) is 12.5 Å². The molecule has 0 aromatic heterocycles. The van der Waals surface area contributed by atoms with E-state index in [0.717, 1.165) is 16.3 Å². The highest BCUT2D eigenvalue weighted by Gasteiger charge is 2.04. The average Bonchev–Trinajstić information content (AvgIpc) is 2.03. The molecule has 0 saturated heterocycles. The Morgan fingerprint density at radius 1 is 1.50 bits per heavy atom. The van der Waals surface area contributed by atoms with Gasteiger partial charge in [0, 0.05) is 6.92 Å². The van der Waals surface area contributed by atoms with E-state index in [1.807, 2.05) is 25.1 Å². The van der Waals surface area contributed by atoms with Crippen molar-refractivity contribution in [1.82, 2.24) is 0 Å². The first kappa shape index (κ1) is 8.74. The minimum atomic E-state index is -0.166. The molecule has 0 aliphatic rings. The first-order chi connectivity index (χ1) is 5.61. The van der Waals surface area contributed by atoms with E-state index in [9.17, 15) is 4.79 Å². The van der Waals surface area contributed by atoms with E-state index in [1.54, 1.807) is 6.07 Å². The van der Waals surface area contributed by atoms with Crippen molar-refractivity contribution in [2.45, 2.75) is 13.8 Å². The number of nitrogens with zero attached hydrogens (tertiary/aromatic N) is 1. The molecular weight excluding hydrogens is 152 g/mol. The lowest BCUT2D eigenvalue weighted by molar-refractivity contribution is -0.116. The molecule has 0 heterocycles. The molecule has 12 heavy (non-hydrogen) atoms. The number of hydrogen-bond donors (Lipinski definition) is 1. The average molecular weight is 164 g/mol. The van der Waals surface area contributed by atoms with Crippen LogP contribution in [0.2, 0.25) is 0 Å². The van der Waals surface area contributed by atoms with Crippen LogP contribution in [0, 0.1) is 6.92 Å². The van der Waals surface area contributed by atoms with Crippen molar-refractivity contribution in [2.75, 3.05) is 5.01 Å². The summed E-state index contributed by atoms with van der Waals surface area (Å²) >= 11 is 0. The summed E-state index contributed by atoms with van der Waals surface area (Å²) in [4.78, 5) is 10.9. The zero-order valence-electron chi connectivity index (χ0n) is 7.24. The summed E-state index contributed by atoms with van der Waals surface area (Å²) < 4.78 is 0. The van der Waals surface area contributed by atoms with E-state index in [4.69, 9.17) is 5.84 Å². The molecule has 3 heteroatoms. The lowest BCUT2D eigenvalue weighted by Gasteiger charge is -2.14. The van der Waals surface area contributed by atoms with Gasteiger partial charge in [-0.3, -0.25) is 4.79 Å². The van der Waals surface area contributed by atoms with Crippen molar-refractivity contribution in [3.8, 4) is 0 Å². The monoisotopic (exact) mass is 164 g/mol. The fourth-order valence-corrected chi connectivity index (χ4v) is 0.960. The van der Waals surface area contributed by atoms with Crippen LogP contribution in [0.15, 0.2) is 24.3 Å². The predicted octanol–water partition coefficient (Wildman–Crippen LogP) is 1.22. The first-order valence-electron chi connectivity index (χ1n) is 3.73. The van der Waals surface area contributed by atoms with Gasteiger partial charge in [0.15, 0.2) is 0 Å². The SMILES string of the molecule is CC(=O)N(N)c1cccc(C)c1. The second kappa shape index (κ2) is 3.36. The summed E-state index contributed by atoms with van der Waals surface area (Å²) in [6, 6.07) is 7.49. The molecule has 0 aliphatic heterocycles. The number of benzene rings is 1.